The largest absolute Gasteiger partial charge is 0.388 e. The van der Waals surface area contributed by atoms with E-state index in [1.807, 2.05) is 0 Å². The second-order valence-corrected chi connectivity index (χ2v) is 7.18. The van der Waals surface area contributed by atoms with E-state index >= 15 is 0 Å². The Bertz CT molecular complexity index is 366. The van der Waals surface area contributed by atoms with E-state index in [9.17, 15) is 10.4 Å². The number of rotatable bonds is 3. The summed E-state index contributed by atoms with van der Waals surface area (Å²) in [7, 11) is 0. The van der Waals surface area contributed by atoms with Crippen LogP contribution in [0, 0.1) is 28.6 Å². The van der Waals surface area contributed by atoms with Crippen LogP contribution in [0.2, 0.25) is 0 Å². The number of aliphatic hydroxyl groups is 1. The predicted octanol–water partition coefficient (Wildman–Crippen LogP) is 3.66. The molecule has 0 spiro atoms. The van der Waals surface area contributed by atoms with E-state index in [2.05, 4.69) is 26.8 Å². The second kappa shape index (κ2) is 6.03. The highest BCUT2D eigenvalue weighted by Crippen LogP contribution is 2.51. The van der Waals surface area contributed by atoms with Crippen LogP contribution in [-0.4, -0.2) is 23.4 Å². The molecule has 0 bridgehead atoms. The summed E-state index contributed by atoms with van der Waals surface area (Å²) in [6.07, 6.45) is 6.38. The lowest BCUT2D eigenvalue weighted by Gasteiger charge is -2.50. The Hall–Kier alpha value is -0.590. The Morgan fingerprint density at radius 1 is 1.30 bits per heavy atom. The molecule has 2 rings (SSSR count). The van der Waals surface area contributed by atoms with Crippen LogP contribution in [0.15, 0.2) is 0 Å². The van der Waals surface area contributed by atoms with Crippen molar-refractivity contribution in [1.29, 1.82) is 5.26 Å². The molecule has 0 aromatic heterocycles. The average Bonchev–Trinajstić information content (AvgIpc) is 2.47. The first-order valence-corrected chi connectivity index (χ1v) is 8.21. The summed E-state index contributed by atoms with van der Waals surface area (Å²) in [4.78, 5) is 0. The predicted molar refractivity (Wildman–Crippen MR) is 79.1 cm³/mol. The summed E-state index contributed by atoms with van der Waals surface area (Å²) in [5.74, 6) is 1.13. The Labute approximate surface area is 123 Å². The van der Waals surface area contributed by atoms with E-state index in [4.69, 9.17) is 4.74 Å². The molecule has 1 heterocycles. The quantitative estimate of drug-likeness (QED) is 0.857. The lowest BCUT2D eigenvalue weighted by atomic mass is 9.58. The lowest BCUT2D eigenvalue weighted by Crippen LogP contribution is -2.55. The Morgan fingerprint density at radius 3 is 2.45 bits per heavy atom. The van der Waals surface area contributed by atoms with Gasteiger partial charge in [-0.3, -0.25) is 0 Å². The van der Waals surface area contributed by atoms with Gasteiger partial charge >= 0.3 is 0 Å². The molecule has 0 aromatic carbocycles. The summed E-state index contributed by atoms with van der Waals surface area (Å²) >= 11 is 0. The highest BCUT2D eigenvalue weighted by atomic mass is 16.5. The third-order valence-electron chi connectivity index (χ3n) is 5.77. The summed E-state index contributed by atoms with van der Waals surface area (Å²) < 4.78 is 5.79. The van der Waals surface area contributed by atoms with Crippen LogP contribution >= 0.6 is 0 Å². The maximum Gasteiger partial charge on any atom is 0.0879 e. The van der Waals surface area contributed by atoms with Gasteiger partial charge in [-0.25, -0.2) is 0 Å². The van der Waals surface area contributed by atoms with Crippen LogP contribution in [0.5, 0.6) is 0 Å². The Morgan fingerprint density at radius 2 is 1.95 bits per heavy atom. The van der Waals surface area contributed by atoms with Gasteiger partial charge in [0, 0.05) is 19.4 Å². The molecule has 0 aromatic rings. The zero-order valence-electron chi connectivity index (χ0n) is 13.2. The molecular weight excluding hydrogens is 250 g/mol. The zero-order valence-corrected chi connectivity index (χ0v) is 13.2. The first-order chi connectivity index (χ1) is 9.46. The summed E-state index contributed by atoms with van der Waals surface area (Å²) in [6.45, 7) is 7.06. The fourth-order valence-corrected chi connectivity index (χ4v) is 4.00. The maximum absolute atomic E-state index is 11.2. The van der Waals surface area contributed by atoms with Gasteiger partial charge in [0.25, 0.3) is 0 Å². The van der Waals surface area contributed by atoms with Crippen LogP contribution in [-0.2, 0) is 4.74 Å². The van der Waals surface area contributed by atoms with Gasteiger partial charge in [-0.2, -0.15) is 5.26 Å². The molecule has 1 saturated carbocycles. The van der Waals surface area contributed by atoms with Crippen LogP contribution < -0.4 is 0 Å². The van der Waals surface area contributed by atoms with E-state index in [-0.39, 0.29) is 6.10 Å². The van der Waals surface area contributed by atoms with E-state index in [0.717, 1.165) is 31.6 Å². The zero-order chi connectivity index (χ0) is 14.8. The molecule has 20 heavy (non-hydrogen) atoms. The van der Waals surface area contributed by atoms with Crippen molar-refractivity contribution in [1.82, 2.24) is 0 Å². The van der Waals surface area contributed by atoms with Crippen molar-refractivity contribution < 1.29 is 9.84 Å². The molecule has 1 N–H and O–H groups in total. The Balaban J connectivity index is 2.16. The van der Waals surface area contributed by atoms with E-state index in [1.165, 1.54) is 6.42 Å². The number of ether oxygens (including phenoxy) is 1. The van der Waals surface area contributed by atoms with Crippen molar-refractivity contribution in [2.75, 3.05) is 6.61 Å². The smallest absolute Gasteiger partial charge is 0.0879 e. The molecule has 1 saturated heterocycles. The molecule has 1 aliphatic carbocycles. The molecule has 2 atom stereocenters. The van der Waals surface area contributed by atoms with Gasteiger partial charge in [-0.05, 0) is 37.5 Å². The van der Waals surface area contributed by atoms with Gasteiger partial charge in [0.2, 0.25) is 0 Å². The first kappa shape index (κ1) is 15.8. The highest BCUT2D eigenvalue weighted by Gasteiger charge is 2.54. The van der Waals surface area contributed by atoms with E-state index in [0.29, 0.717) is 25.4 Å². The topological polar surface area (TPSA) is 53.2 Å². The standard InChI is InChI=1S/C17H29NO2/c1-4-14-5-7-16(12-18,8-6-14)17(19)9-10-20-15(11-17)13(2)3/h13-15,19H,4-11H2,1-3H3. The van der Waals surface area contributed by atoms with Gasteiger partial charge in [0.05, 0.1) is 23.2 Å². The normalized spacial score (nSPS) is 42.4. The lowest BCUT2D eigenvalue weighted by molar-refractivity contribution is -0.170. The summed E-state index contributed by atoms with van der Waals surface area (Å²) in [5.41, 5.74) is -1.40. The minimum atomic E-state index is -0.854. The minimum absolute atomic E-state index is 0.0860. The molecule has 2 unspecified atom stereocenters. The summed E-state index contributed by atoms with van der Waals surface area (Å²) in [5, 5.41) is 21.0. The summed E-state index contributed by atoms with van der Waals surface area (Å²) in [6, 6.07) is 2.53. The monoisotopic (exact) mass is 279 g/mol. The molecule has 2 fully saturated rings. The second-order valence-electron chi connectivity index (χ2n) is 7.18. The van der Waals surface area contributed by atoms with Gasteiger partial charge < -0.3 is 9.84 Å². The molecule has 2 aliphatic rings. The first-order valence-electron chi connectivity index (χ1n) is 8.21. The highest BCUT2D eigenvalue weighted by molar-refractivity contribution is 5.14. The van der Waals surface area contributed by atoms with Gasteiger partial charge in [-0.1, -0.05) is 27.2 Å². The maximum atomic E-state index is 11.2. The number of hydrogen-bond donors (Lipinski definition) is 1. The van der Waals surface area contributed by atoms with Gasteiger partial charge in [0.1, 0.15) is 0 Å². The van der Waals surface area contributed by atoms with Gasteiger partial charge in [0.15, 0.2) is 0 Å². The molecule has 0 radical (unpaired) electrons. The number of hydrogen-bond acceptors (Lipinski definition) is 3. The van der Waals surface area contributed by atoms with Crippen LogP contribution in [0.4, 0.5) is 0 Å². The third kappa shape index (κ3) is 2.73. The van der Waals surface area contributed by atoms with Crippen molar-refractivity contribution in [3.8, 4) is 6.07 Å². The van der Waals surface area contributed by atoms with Crippen molar-refractivity contribution in [2.24, 2.45) is 17.3 Å². The van der Waals surface area contributed by atoms with E-state index in [1.54, 1.807) is 0 Å². The van der Waals surface area contributed by atoms with Crippen LogP contribution in [0.25, 0.3) is 0 Å². The molecular formula is C17H29NO2. The van der Waals surface area contributed by atoms with Crippen molar-refractivity contribution in [2.45, 2.75) is 77.4 Å². The van der Waals surface area contributed by atoms with Crippen molar-refractivity contribution in [3.05, 3.63) is 0 Å². The van der Waals surface area contributed by atoms with E-state index < -0.39 is 11.0 Å². The Kier molecular flexibility index (Phi) is 4.76. The van der Waals surface area contributed by atoms with Crippen LogP contribution in [0.1, 0.15) is 65.7 Å². The fourth-order valence-electron chi connectivity index (χ4n) is 4.00. The van der Waals surface area contributed by atoms with Crippen molar-refractivity contribution in [3.63, 3.8) is 0 Å². The van der Waals surface area contributed by atoms with Crippen LogP contribution in [0.3, 0.4) is 0 Å². The molecule has 3 nitrogen and oxygen atoms in total. The third-order valence-corrected chi connectivity index (χ3v) is 5.77. The van der Waals surface area contributed by atoms with Gasteiger partial charge in [-0.15, -0.1) is 0 Å². The minimum Gasteiger partial charge on any atom is -0.388 e. The fraction of sp³-hybridized carbons (Fsp3) is 0.941. The molecule has 0 amide bonds. The molecule has 1 aliphatic heterocycles. The number of nitriles is 1. The molecule has 114 valence electrons. The SMILES string of the molecule is CCC1CCC(C#N)(C2(O)CCOC(C(C)C)C2)CC1. The number of nitrogens with zero attached hydrogens (tertiary/aromatic N) is 1. The average molecular weight is 279 g/mol. The molecule has 3 heteroatoms. The van der Waals surface area contributed by atoms with Crippen molar-refractivity contribution >= 4 is 0 Å².